The molecule has 6 heteroatoms. The molecule has 0 spiro atoms. The standard InChI is InChI=1S/C24H38O3S3/c1-3-5-6-7-8-9-10-11-12-16-19-22(23(25)27-4-2)29-30-24(26)28-20-21-17-14-13-15-18-21/h13-15,17-18,22H,3-12,16,19-20H2,1-2H3. The summed E-state index contributed by atoms with van der Waals surface area (Å²) in [6.45, 7) is 4.46. The van der Waals surface area contributed by atoms with Crippen molar-refractivity contribution in [1.29, 1.82) is 0 Å². The average Bonchev–Trinajstić information content (AvgIpc) is 2.76. The molecule has 0 aromatic heterocycles. The van der Waals surface area contributed by atoms with Crippen LogP contribution in [0, 0.1) is 0 Å². The minimum absolute atomic E-state index is 0.0428. The lowest BCUT2D eigenvalue weighted by Gasteiger charge is -2.14. The SMILES string of the molecule is CCCCCCCCCCCCC(SSC(=O)SCc1ccccc1)C(=O)OCC. The second-order valence-electron chi connectivity index (χ2n) is 7.42. The van der Waals surface area contributed by atoms with Gasteiger partial charge in [-0.3, -0.25) is 9.59 Å². The van der Waals surface area contributed by atoms with E-state index in [9.17, 15) is 9.59 Å². The van der Waals surface area contributed by atoms with E-state index in [4.69, 9.17) is 4.74 Å². The Morgan fingerprint density at radius 2 is 1.47 bits per heavy atom. The van der Waals surface area contributed by atoms with Crippen LogP contribution in [-0.2, 0) is 15.3 Å². The van der Waals surface area contributed by atoms with Crippen LogP contribution in [-0.4, -0.2) is 22.3 Å². The van der Waals surface area contributed by atoms with E-state index in [1.807, 2.05) is 37.3 Å². The van der Waals surface area contributed by atoms with E-state index < -0.39 is 0 Å². The predicted octanol–water partition coefficient (Wildman–Crippen LogP) is 8.66. The maximum Gasteiger partial charge on any atom is 0.319 e. The third-order valence-electron chi connectivity index (χ3n) is 4.80. The molecule has 1 aromatic rings. The lowest BCUT2D eigenvalue weighted by Crippen LogP contribution is -2.19. The Labute approximate surface area is 195 Å². The van der Waals surface area contributed by atoms with Gasteiger partial charge in [0.15, 0.2) is 0 Å². The fourth-order valence-electron chi connectivity index (χ4n) is 3.10. The molecule has 1 atom stereocenters. The molecule has 0 bridgehead atoms. The summed E-state index contributed by atoms with van der Waals surface area (Å²) in [4.78, 5) is 24.4. The van der Waals surface area contributed by atoms with Crippen LogP contribution in [0.1, 0.15) is 90.0 Å². The van der Waals surface area contributed by atoms with Crippen molar-refractivity contribution in [2.24, 2.45) is 0 Å². The van der Waals surface area contributed by atoms with Crippen molar-refractivity contribution in [3.8, 4) is 0 Å². The highest BCUT2D eigenvalue weighted by Gasteiger charge is 2.22. The van der Waals surface area contributed by atoms with Gasteiger partial charge in [0.2, 0.25) is 0 Å². The highest BCUT2D eigenvalue weighted by molar-refractivity contribution is 8.86. The van der Waals surface area contributed by atoms with Crippen molar-refractivity contribution < 1.29 is 14.3 Å². The summed E-state index contributed by atoms with van der Waals surface area (Å²) in [5, 5.41) is -0.259. The van der Waals surface area contributed by atoms with Gasteiger partial charge in [0.25, 0.3) is 4.45 Å². The molecule has 0 fully saturated rings. The Morgan fingerprint density at radius 1 is 0.867 bits per heavy atom. The minimum atomic E-state index is -0.259. The van der Waals surface area contributed by atoms with Gasteiger partial charge in [-0.15, -0.1) is 0 Å². The minimum Gasteiger partial charge on any atom is -0.465 e. The Morgan fingerprint density at radius 3 is 2.07 bits per heavy atom. The first-order chi connectivity index (χ1) is 14.7. The van der Waals surface area contributed by atoms with Crippen LogP contribution in [0.15, 0.2) is 30.3 Å². The van der Waals surface area contributed by atoms with E-state index in [1.165, 1.54) is 84.7 Å². The highest BCUT2D eigenvalue weighted by atomic mass is 33.1. The van der Waals surface area contributed by atoms with Gasteiger partial charge in [0.05, 0.1) is 6.61 Å². The van der Waals surface area contributed by atoms with Crippen molar-refractivity contribution in [3.05, 3.63) is 35.9 Å². The number of hydrogen-bond donors (Lipinski definition) is 0. The third kappa shape index (κ3) is 14.4. The number of rotatable bonds is 17. The van der Waals surface area contributed by atoms with E-state index in [2.05, 4.69) is 6.92 Å². The van der Waals surface area contributed by atoms with Gasteiger partial charge >= 0.3 is 5.97 Å². The van der Waals surface area contributed by atoms with Gasteiger partial charge in [-0.1, -0.05) is 124 Å². The van der Waals surface area contributed by atoms with Crippen LogP contribution in [0.5, 0.6) is 0 Å². The molecule has 0 saturated carbocycles. The quantitative estimate of drug-likeness (QED) is 0.129. The first-order valence-electron chi connectivity index (χ1n) is 11.4. The molecule has 0 aliphatic rings. The molecule has 0 amide bonds. The second kappa shape index (κ2) is 19.1. The molecule has 1 aromatic carbocycles. The first kappa shape index (κ1) is 27.4. The van der Waals surface area contributed by atoms with Gasteiger partial charge in [-0.05, 0) is 29.7 Å². The molecule has 0 saturated heterocycles. The Kier molecular flexibility index (Phi) is 17.5. The van der Waals surface area contributed by atoms with Gasteiger partial charge in [-0.2, -0.15) is 0 Å². The van der Waals surface area contributed by atoms with E-state index in [1.54, 1.807) is 0 Å². The summed E-state index contributed by atoms with van der Waals surface area (Å²) in [7, 11) is 2.54. The van der Waals surface area contributed by atoms with Gasteiger partial charge < -0.3 is 4.74 Å². The van der Waals surface area contributed by atoms with Crippen molar-refractivity contribution >= 4 is 43.8 Å². The molecule has 0 aliphatic carbocycles. The number of unbranched alkanes of at least 4 members (excludes halogenated alkanes) is 9. The van der Waals surface area contributed by atoms with E-state index in [0.29, 0.717) is 12.4 Å². The zero-order valence-corrected chi connectivity index (χ0v) is 21.1. The predicted molar refractivity (Wildman–Crippen MR) is 135 cm³/mol. The molecule has 30 heavy (non-hydrogen) atoms. The van der Waals surface area contributed by atoms with Crippen molar-refractivity contribution in [2.45, 2.75) is 95.5 Å². The maximum absolute atomic E-state index is 12.3. The molecule has 3 nitrogen and oxygen atoms in total. The number of hydrogen-bond acceptors (Lipinski definition) is 6. The molecule has 0 N–H and O–H groups in total. The van der Waals surface area contributed by atoms with Crippen molar-refractivity contribution in [3.63, 3.8) is 0 Å². The van der Waals surface area contributed by atoms with Gasteiger partial charge in [0.1, 0.15) is 5.25 Å². The number of esters is 1. The van der Waals surface area contributed by atoms with Crippen LogP contribution < -0.4 is 0 Å². The first-order valence-corrected chi connectivity index (χ1v) is 14.6. The molecular weight excluding hydrogens is 432 g/mol. The molecule has 1 unspecified atom stereocenters. The summed E-state index contributed by atoms with van der Waals surface area (Å²) >= 11 is 1.29. The van der Waals surface area contributed by atoms with Crippen molar-refractivity contribution in [1.82, 2.24) is 0 Å². The molecular formula is C24H38O3S3. The summed E-state index contributed by atoms with van der Waals surface area (Å²) in [5.41, 5.74) is 1.13. The lowest BCUT2D eigenvalue weighted by molar-refractivity contribution is -0.142. The number of thioether (sulfide) groups is 1. The Hall–Kier alpha value is -0.590. The Bertz CT molecular complexity index is 566. The van der Waals surface area contributed by atoms with Gasteiger partial charge in [0, 0.05) is 5.75 Å². The molecule has 0 radical (unpaired) electrons. The number of carbonyl (C=O) groups excluding carboxylic acids is 2. The zero-order chi connectivity index (χ0) is 21.9. The summed E-state index contributed by atoms with van der Waals surface area (Å²) < 4.78 is 5.26. The van der Waals surface area contributed by atoms with Crippen LogP contribution >= 0.6 is 33.3 Å². The second-order valence-corrected chi connectivity index (χ2v) is 11.0. The topological polar surface area (TPSA) is 43.4 Å². The van der Waals surface area contributed by atoms with Crippen LogP contribution in [0.2, 0.25) is 0 Å². The maximum atomic E-state index is 12.3. The van der Waals surface area contributed by atoms with E-state index >= 15 is 0 Å². The highest BCUT2D eigenvalue weighted by Crippen LogP contribution is 2.36. The molecule has 0 aliphatic heterocycles. The summed E-state index contributed by atoms with van der Waals surface area (Å²) in [5.74, 6) is 0.474. The van der Waals surface area contributed by atoms with Crippen LogP contribution in [0.4, 0.5) is 4.79 Å². The average molecular weight is 471 g/mol. The van der Waals surface area contributed by atoms with Gasteiger partial charge in [-0.25, -0.2) is 0 Å². The largest absolute Gasteiger partial charge is 0.465 e. The van der Waals surface area contributed by atoms with Crippen LogP contribution in [0.25, 0.3) is 0 Å². The molecule has 0 heterocycles. The molecule has 170 valence electrons. The molecule has 1 rings (SSSR count). The monoisotopic (exact) mass is 470 g/mol. The normalized spacial score (nSPS) is 11.9. The fraction of sp³-hybridized carbons (Fsp3) is 0.667. The fourth-order valence-corrected chi connectivity index (χ4v) is 6.44. The van der Waals surface area contributed by atoms with Crippen molar-refractivity contribution in [2.75, 3.05) is 6.61 Å². The summed E-state index contributed by atoms with van der Waals surface area (Å²) in [6, 6.07) is 9.96. The number of carbonyl (C=O) groups is 2. The lowest BCUT2D eigenvalue weighted by atomic mass is 10.1. The van der Waals surface area contributed by atoms with E-state index in [-0.39, 0.29) is 15.7 Å². The van der Waals surface area contributed by atoms with E-state index in [0.717, 1.165) is 24.8 Å². The summed E-state index contributed by atoms with van der Waals surface area (Å²) in [6.07, 6.45) is 13.5. The Balaban J connectivity index is 2.20. The third-order valence-corrected chi connectivity index (χ3v) is 8.77. The number of ether oxygens (including phenoxy) is 1. The van der Waals surface area contributed by atoms with Crippen LogP contribution in [0.3, 0.4) is 0 Å². The smallest absolute Gasteiger partial charge is 0.319 e. The zero-order valence-electron chi connectivity index (χ0n) is 18.6. The number of benzene rings is 1.